The maximum Gasteiger partial charge on any atom is 0.276 e. The van der Waals surface area contributed by atoms with Crippen LogP contribution in [0.1, 0.15) is 32.3 Å². The number of aryl methyl sites for hydroxylation is 1. The van der Waals surface area contributed by atoms with Crippen LogP contribution in [-0.2, 0) is 0 Å². The third kappa shape index (κ3) is 3.04. The lowest BCUT2D eigenvalue weighted by Crippen LogP contribution is -2.37. The van der Waals surface area contributed by atoms with E-state index in [2.05, 4.69) is 5.16 Å². The van der Waals surface area contributed by atoms with Crippen LogP contribution in [0.3, 0.4) is 0 Å². The minimum atomic E-state index is -0.137. The number of aromatic nitrogens is 1. The molecule has 0 atom stereocenters. The average Bonchev–Trinajstić information content (AvgIpc) is 3.13. The molecule has 1 fully saturated rings. The van der Waals surface area contributed by atoms with Crippen LogP contribution < -0.4 is 0 Å². The second-order valence-corrected chi connectivity index (χ2v) is 6.19. The highest BCUT2D eigenvalue weighted by atomic mass is 32.1. The van der Waals surface area contributed by atoms with Gasteiger partial charge in [-0.15, -0.1) is 11.3 Å². The molecule has 0 radical (unpaired) electrons. The fourth-order valence-corrected chi connectivity index (χ4v) is 3.20. The molecule has 3 heterocycles. The monoisotopic (exact) mass is 319 g/mol. The summed E-state index contributed by atoms with van der Waals surface area (Å²) in [7, 11) is 0. The van der Waals surface area contributed by atoms with Gasteiger partial charge in [0.15, 0.2) is 5.69 Å². The Kier molecular flexibility index (Phi) is 4.24. The van der Waals surface area contributed by atoms with E-state index in [9.17, 15) is 9.59 Å². The van der Waals surface area contributed by atoms with Crippen molar-refractivity contribution in [1.82, 2.24) is 15.0 Å². The van der Waals surface area contributed by atoms with Crippen molar-refractivity contribution in [1.29, 1.82) is 0 Å². The number of carbonyl (C=O) groups excluding carboxylic acids is 2. The smallest absolute Gasteiger partial charge is 0.276 e. The highest BCUT2D eigenvalue weighted by Crippen LogP contribution is 2.15. The molecule has 0 aromatic carbocycles. The average molecular weight is 319 g/mol. The van der Waals surface area contributed by atoms with Gasteiger partial charge in [-0.2, -0.15) is 0 Å². The van der Waals surface area contributed by atoms with Crippen molar-refractivity contribution in [3.63, 3.8) is 0 Å². The van der Waals surface area contributed by atoms with Gasteiger partial charge >= 0.3 is 0 Å². The predicted octanol–water partition coefficient (Wildman–Crippen LogP) is 2.03. The zero-order valence-corrected chi connectivity index (χ0v) is 13.1. The van der Waals surface area contributed by atoms with Gasteiger partial charge in [0.2, 0.25) is 0 Å². The van der Waals surface area contributed by atoms with Crippen molar-refractivity contribution in [2.24, 2.45) is 0 Å². The van der Waals surface area contributed by atoms with Crippen molar-refractivity contribution in [3.05, 3.63) is 39.9 Å². The summed E-state index contributed by atoms with van der Waals surface area (Å²) in [4.78, 5) is 29.0. The quantitative estimate of drug-likeness (QED) is 0.849. The van der Waals surface area contributed by atoms with Crippen LogP contribution in [0.4, 0.5) is 0 Å². The third-order valence-electron chi connectivity index (χ3n) is 3.65. The van der Waals surface area contributed by atoms with Crippen molar-refractivity contribution >= 4 is 23.2 Å². The first-order valence-electron chi connectivity index (χ1n) is 7.20. The van der Waals surface area contributed by atoms with Crippen LogP contribution in [0.2, 0.25) is 0 Å². The number of rotatable bonds is 2. The molecule has 116 valence electrons. The van der Waals surface area contributed by atoms with E-state index in [1.807, 2.05) is 22.4 Å². The molecule has 0 saturated carbocycles. The largest absolute Gasteiger partial charge is 0.361 e. The molecule has 2 aromatic rings. The molecule has 6 nitrogen and oxygen atoms in total. The number of carbonyl (C=O) groups is 2. The number of amides is 2. The van der Waals surface area contributed by atoms with Crippen LogP contribution in [0, 0.1) is 6.92 Å². The fourth-order valence-electron chi connectivity index (χ4n) is 2.51. The Morgan fingerprint density at radius 1 is 1.18 bits per heavy atom. The molecule has 0 aliphatic carbocycles. The van der Waals surface area contributed by atoms with Gasteiger partial charge in [0, 0.05) is 32.2 Å². The Labute approximate surface area is 132 Å². The maximum atomic E-state index is 12.4. The van der Waals surface area contributed by atoms with E-state index in [1.165, 1.54) is 11.3 Å². The van der Waals surface area contributed by atoms with E-state index >= 15 is 0 Å². The first-order valence-corrected chi connectivity index (χ1v) is 8.08. The van der Waals surface area contributed by atoms with Crippen molar-refractivity contribution in [2.45, 2.75) is 13.3 Å². The van der Waals surface area contributed by atoms with Gasteiger partial charge in [-0.1, -0.05) is 11.2 Å². The zero-order valence-electron chi connectivity index (χ0n) is 12.3. The fraction of sp³-hybridized carbons (Fsp3) is 0.400. The van der Waals surface area contributed by atoms with E-state index in [-0.39, 0.29) is 11.8 Å². The van der Waals surface area contributed by atoms with Gasteiger partial charge in [0.05, 0.1) is 4.88 Å². The lowest BCUT2D eigenvalue weighted by molar-refractivity contribution is 0.0715. The van der Waals surface area contributed by atoms with Gasteiger partial charge in [-0.25, -0.2) is 0 Å². The molecular formula is C15H17N3O3S. The first-order chi connectivity index (χ1) is 10.6. The molecule has 3 rings (SSSR count). The molecule has 7 heteroatoms. The summed E-state index contributed by atoms with van der Waals surface area (Å²) in [5.41, 5.74) is 0.329. The van der Waals surface area contributed by atoms with E-state index in [0.29, 0.717) is 37.6 Å². The molecule has 1 aliphatic rings. The molecule has 0 bridgehead atoms. The summed E-state index contributed by atoms with van der Waals surface area (Å²) < 4.78 is 4.96. The summed E-state index contributed by atoms with van der Waals surface area (Å²) in [5.74, 6) is 0.525. The van der Waals surface area contributed by atoms with Gasteiger partial charge < -0.3 is 14.3 Å². The Morgan fingerprint density at radius 2 is 1.91 bits per heavy atom. The third-order valence-corrected chi connectivity index (χ3v) is 4.51. The summed E-state index contributed by atoms with van der Waals surface area (Å²) in [5, 5.41) is 5.67. The summed E-state index contributed by atoms with van der Waals surface area (Å²) >= 11 is 1.44. The van der Waals surface area contributed by atoms with Crippen molar-refractivity contribution < 1.29 is 14.1 Å². The minimum absolute atomic E-state index is 0.0431. The predicted molar refractivity (Wildman–Crippen MR) is 82.0 cm³/mol. The minimum Gasteiger partial charge on any atom is -0.361 e. The van der Waals surface area contributed by atoms with Crippen LogP contribution >= 0.6 is 11.3 Å². The topological polar surface area (TPSA) is 66.7 Å². The molecule has 2 aromatic heterocycles. The molecule has 1 aliphatic heterocycles. The van der Waals surface area contributed by atoms with Crippen molar-refractivity contribution in [3.8, 4) is 0 Å². The standard InChI is InChI=1S/C15H17N3O3S/c1-11-10-12(16-21-11)14(19)17-5-3-6-18(8-7-17)15(20)13-4-2-9-22-13/h2,4,9-10H,3,5-8H2,1H3. The van der Waals surface area contributed by atoms with Crippen LogP contribution in [0.15, 0.2) is 28.1 Å². The SMILES string of the molecule is Cc1cc(C(=O)N2CCCN(C(=O)c3cccs3)CC2)no1. The number of nitrogens with zero attached hydrogens (tertiary/aromatic N) is 3. The number of thiophene rings is 1. The summed E-state index contributed by atoms with van der Waals surface area (Å²) in [6.07, 6.45) is 0.764. The lowest BCUT2D eigenvalue weighted by Gasteiger charge is -2.21. The maximum absolute atomic E-state index is 12.4. The van der Waals surface area contributed by atoms with Gasteiger partial charge in [-0.3, -0.25) is 9.59 Å². The Morgan fingerprint density at radius 3 is 2.50 bits per heavy atom. The molecule has 22 heavy (non-hydrogen) atoms. The molecule has 0 unspecified atom stereocenters. The zero-order chi connectivity index (χ0) is 15.5. The van der Waals surface area contributed by atoms with Gasteiger partial charge in [0.25, 0.3) is 11.8 Å². The van der Waals surface area contributed by atoms with E-state index in [0.717, 1.165) is 11.3 Å². The summed E-state index contributed by atoms with van der Waals surface area (Å²) in [6, 6.07) is 5.35. The second-order valence-electron chi connectivity index (χ2n) is 5.24. The Balaban J connectivity index is 1.65. The summed E-state index contributed by atoms with van der Waals surface area (Å²) in [6.45, 7) is 4.10. The highest BCUT2D eigenvalue weighted by molar-refractivity contribution is 7.12. The lowest BCUT2D eigenvalue weighted by atomic mass is 10.3. The van der Waals surface area contributed by atoms with Crippen LogP contribution in [0.5, 0.6) is 0 Å². The van der Waals surface area contributed by atoms with Gasteiger partial charge in [-0.05, 0) is 24.8 Å². The normalized spacial score (nSPS) is 15.7. The van der Waals surface area contributed by atoms with E-state index in [1.54, 1.807) is 17.9 Å². The molecular weight excluding hydrogens is 302 g/mol. The molecule has 2 amide bonds. The van der Waals surface area contributed by atoms with Gasteiger partial charge in [0.1, 0.15) is 5.76 Å². The van der Waals surface area contributed by atoms with Crippen molar-refractivity contribution in [2.75, 3.05) is 26.2 Å². The highest BCUT2D eigenvalue weighted by Gasteiger charge is 2.25. The Bertz CT molecular complexity index is 665. The number of hydrogen-bond donors (Lipinski definition) is 0. The number of hydrogen-bond acceptors (Lipinski definition) is 5. The van der Waals surface area contributed by atoms with Crippen LogP contribution in [0.25, 0.3) is 0 Å². The molecule has 1 saturated heterocycles. The molecule has 0 spiro atoms. The van der Waals surface area contributed by atoms with E-state index in [4.69, 9.17) is 4.52 Å². The van der Waals surface area contributed by atoms with Crippen LogP contribution in [-0.4, -0.2) is 52.9 Å². The Hall–Kier alpha value is -2.15. The van der Waals surface area contributed by atoms with E-state index < -0.39 is 0 Å². The molecule has 0 N–H and O–H groups in total. The first kappa shape index (κ1) is 14.8. The second kappa shape index (κ2) is 6.31.